The van der Waals surface area contributed by atoms with E-state index in [4.69, 9.17) is 0 Å². The summed E-state index contributed by atoms with van der Waals surface area (Å²) in [6.07, 6.45) is 52.6. The van der Waals surface area contributed by atoms with Crippen LogP contribution in [0.2, 0.25) is 0 Å². The maximum Gasteiger partial charge on any atom is 2.00 e. The van der Waals surface area contributed by atoms with Crippen LogP contribution in [-0.2, 0) is 66.2 Å². The van der Waals surface area contributed by atoms with Gasteiger partial charge < -0.3 is 18.2 Å². The Labute approximate surface area is 610 Å². The molecule has 90 heavy (non-hydrogen) atoms. The topological polar surface area (TPSA) is 229 Å². The van der Waals surface area contributed by atoms with E-state index < -0.39 is 40.5 Å². The van der Waals surface area contributed by atoms with Gasteiger partial charge in [-0.25, -0.2) is 33.7 Å². The number of hydrogen-bond donors (Lipinski definition) is 0. The Morgan fingerprint density at radius 1 is 0.211 bits per heavy atom. The average molecular weight is 1380 g/mol. The molecule has 0 bridgehead atoms. The molecule has 0 saturated carbocycles. The monoisotopic (exact) mass is 1380 g/mol. The van der Waals surface area contributed by atoms with Crippen LogP contribution in [0.15, 0.2) is 117 Å². The quantitative estimate of drug-likeness (QED) is 0.0228. The second kappa shape index (κ2) is 58.2. The maximum atomic E-state index is 11.2. The predicted octanol–water partition coefficient (Wildman–Crippen LogP) is 19.5. The van der Waals surface area contributed by atoms with Crippen molar-refractivity contribution in [3.8, 4) is 0 Å². The fourth-order valence-corrected chi connectivity index (χ4v) is 14.0. The molecule has 12 nitrogen and oxygen atoms in total. The van der Waals surface area contributed by atoms with Gasteiger partial charge >= 0.3 is 75.5 Å². The molecule has 0 amide bonds. The Balaban J connectivity index is 0. The van der Waals surface area contributed by atoms with Crippen LogP contribution in [0.4, 0.5) is 0 Å². The van der Waals surface area contributed by atoms with E-state index in [9.17, 15) is 51.9 Å². The van der Waals surface area contributed by atoms with Gasteiger partial charge in [0.2, 0.25) is 0 Å². The Bertz CT molecular complexity index is 2430. The van der Waals surface area contributed by atoms with E-state index in [1.54, 1.807) is 72.8 Å². The van der Waals surface area contributed by atoms with Crippen molar-refractivity contribution in [2.24, 2.45) is 0 Å². The fraction of sp³-hybridized carbons (Fsp3) is 0.667. The third kappa shape index (κ3) is 48.7. The number of rotatable bonds is 48. The zero-order chi connectivity index (χ0) is 65.0. The van der Waals surface area contributed by atoms with Gasteiger partial charge in [-0.15, -0.1) is 0 Å². The second-order valence-electron chi connectivity index (χ2n) is 24.0. The van der Waals surface area contributed by atoms with Gasteiger partial charge in [0.1, 0.15) is 40.5 Å². The molecular formula is C72H116Ca2O12S4. The summed E-state index contributed by atoms with van der Waals surface area (Å²) in [5, 5.41) is 0. The number of unbranched alkanes of at least 4 members (excludes halogenated alkanes) is 36. The van der Waals surface area contributed by atoms with Gasteiger partial charge in [-0.2, -0.15) is 0 Å². The minimum atomic E-state index is -4.35. The predicted molar refractivity (Wildman–Crippen MR) is 371 cm³/mol. The Morgan fingerprint density at radius 2 is 0.333 bits per heavy atom. The standard InChI is InChI=1S/4C18H30O3S.2Ca/c4*1-2-3-4-5-6-7-8-9-10-11-14-17-15-12-13-16-18(17)22(19,20)21;;/h4*12-13,15-16H,2-11,14H2,1H3,(H,19,20,21);;/q;;;;2*+2/p-4. The first-order chi connectivity index (χ1) is 42.2. The molecule has 0 spiro atoms. The molecule has 4 aromatic carbocycles. The van der Waals surface area contributed by atoms with Crippen LogP contribution < -0.4 is 0 Å². The molecule has 0 radical (unpaired) electrons. The molecule has 0 fully saturated rings. The average Bonchev–Trinajstić information content (AvgIpc) is 2.40. The summed E-state index contributed by atoms with van der Waals surface area (Å²) in [6.45, 7) is 8.93. The van der Waals surface area contributed by atoms with Gasteiger partial charge in [-0.3, -0.25) is 0 Å². The van der Waals surface area contributed by atoms with Crippen molar-refractivity contribution >= 4 is 116 Å². The molecule has 0 heterocycles. The summed E-state index contributed by atoms with van der Waals surface area (Å²) in [5.74, 6) is 0. The molecule has 0 aromatic heterocycles. The van der Waals surface area contributed by atoms with E-state index in [-0.39, 0.29) is 95.1 Å². The first kappa shape index (κ1) is 91.1. The minimum absolute atomic E-state index is 0. The second-order valence-corrected chi connectivity index (χ2v) is 29.4. The molecule has 504 valence electrons. The van der Waals surface area contributed by atoms with Gasteiger partial charge in [0.25, 0.3) is 0 Å². The van der Waals surface area contributed by atoms with Crippen LogP contribution in [0, 0.1) is 0 Å². The van der Waals surface area contributed by atoms with Crippen LogP contribution in [0.1, 0.15) is 307 Å². The van der Waals surface area contributed by atoms with E-state index in [0.717, 1.165) is 51.4 Å². The van der Waals surface area contributed by atoms with Crippen molar-refractivity contribution in [1.29, 1.82) is 0 Å². The SMILES string of the molecule is CCCCCCCCCCCCc1ccccc1S(=O)(=O)[O-].CCCCCCCCCCCCc1ccccc1S(=O)(=O)[O-].CCCCCCCCCCCCc1ccccc1S(=O)(=O)[O-].CCCCCCCCCCCCc1ccccc1S(=O)(=O)[O-].[Ca+2].[Ca+2]. The zero-order valence-electron chi connectivity index (χ0n) is 56.3. The molecule has 0 N–H and O–H groups in total. The van der Waals surface area contributed by atoms with Crippen molar-refractivity contribution in [2.45, 2.75) is 330 Å². The van der Waals surface area contributed by atoms with E-state index in [1.165, 1.54) is 230 Å². The molecule has 0 aliphatic rings. The fourth-order valence-electron chi connectivity index (χ4n) is 11.0. The molecule has 0 aliphatic heterocycles. The van der Waals surface area contributed by atoms with E-state index in [1.807, 2.05) is 0 Å². The first-order valence-electron chi connectivity index (χ1n) is 34.4. The van der Waals surface area contributed by atoms with Crippen LogP contribution in [0.25, 0.3) is 0 Å². The molecule has 18 heteroatoms. The summed E-state index contributed by atoms with van der Waals surface area (Å²) in [6, 6.07) is 26.2. The first-order valence-corrected chi connectivity index (χ1v) is 40.0. The molecule has 4 rings (SSSR count). The maximum absolute atomic E-state index is 11.2. The molecule has 0 aliphatic carbocycles. The van der Waals surface area contributed by atoms with E-state index in [2.05, 4.69) is 27.7 Å². The van der Waals surface area contributed by atoms with Crippen LogP contribution in [0.3, 0.4) is 0 Å². The Kier molecular flexibility index (Phi) is 58.9. The Morgan fingerprint density at radius 3 is 0.467 bits per heavy atom. The largest absolute Gasteiger partial charge is 2.00 e. The minimum Gasteiger partial charge on any atom is -0.744 e. The van der Waals surface area contributed by atoms with Gasteiger partial charge in [0.15, 0.2) is 0 Å². The zero-order valence-corrected chi connectivity index (χ0v) is 64.0. The van der Waals surface area contributed by atoms with Crippen molar-refractivity contribution < 1.29 is 51.9 Å². The van der Waals surface area contributed by atoms with Gasteiger partial charge in [-0.1, -0.05) is 332 Å². The summed E-state index contributed by atoms with van der Waals surface area (Å²) in [7, 11) is -17.4. The number of benzene rings is 4. The van der Waals surface area contributed by atoms with Crippen molar-refractivity contribution in [3.05, 3.63) is 119 Å². The summed E-state index contributed by atoms with van der Waals surface area (Å²) in [5.41, 5.74) is 2.66. The Hall–Kier alpha value is -0.961. The van der Waals surface area contributed by atoms with Crippen LogP contribution in [-0.4, -0.2) is 127 Å². The number of aryl methyl sites for hydroxylation is 4. The summed E-state index contributed by atoms with van der Waals surface area (Å²) >= 11 is 0. The third-order valence-electron chi connectivity index (χ3n) is 16.2. The van der Waals surface area contributed by atoms with Gasteiger partial charge in [-0.05, 0) is 97.9 Å². The van der Waals surface area contributed by atoms with Crippen molar-refractivity contribution in [1.82, 2.24) is 0 Å². The van der Waals surface area contributed by atoms with Crippen molar-refractivity contribution in [2.75, 3.05) is 0 Å². The van der Waals surface area contributed by atoms with E-state index in [0.29, 0.717) is 47.9 Å². The van der Waals surface area contributed by atoms with Crippen molar-refractivity contribution in [3.63, 3.8) is 0 Å². The van der Waals surface area contributed by atoms with Gasteiger partial charge in [0, 0.05) is 0 Å². The molecule has 4 aromatic rings. The van der Waals surface area contributed by atoms with Crippen LogP contribution >= 0.6 is 0 Å². The molecule has 0 unspecified atom stereocenters. The summed E-state index contributed by atoms with van der Waals surface area (Å²) in [4.78, 5) is -0.200. The number of hydrogen-bond acceptors (Lipinski definition) is 12. The van der Waals surface area contributed by atoms with E-state index >= 15 is 0 Å². The molecule has 0 saturated heterocycles. The van der Waals surface area contributed by atoms with Gasteiger partial charge in [0.05, 0.1) is 19.6 Å². The van der Waals surface area contributed by atoms with Crippen LogP contribution in [0.5, 0.6) is 0 Å². The third-order valence-corrected chi connectivity index (χ3v) is 19.9. The molecule has 0 atom stereocenters. The molecular weight excluding hydrogens is 1270 g/mol. The smallest absolute Gasteiger partial charge is 0.744 e. The summed E-state index contributed by atoms with van der Waals surface area (Å²) < 4.78 is 134. The normalized spacial score (nSPS) is 11.5.